The van der Waals surface area contributed by atoms with Gasteiger partial charge in [0, 0.05) is 65.0 Å². The molecule has 430 valence electrons. The van der Waals surface area contributed by atoms with Gasteiger partial charge in [-0.25, -0.2) is 8.42 Å². The fourth-order valence-electron chi connectivity index (χ4n) is 10.8. The molecule has 4 aromatic heterocycles. The van der Waals surface area contributed by atoms with E-state index in [1.807, 2.05) is 109 Å². The third kappa shape index (κ3) is 13.3. The van der Waals surface area contributed by atoms with Gasteiger partial charge in [0.05, 0.1) is 21.0 Å². The van der Waals surface area contributed by atoms with Crippen LogP contribution in [0.1, 0.15) is 0 Å². The number of aromatic nitrogens is 4. The van der Waals surface area contributed by atoms with E-state index in [1.54, 1.807) is 36.7 Å². The predicted octanol–water partition coefficient (Wildman–Crippen LogP) is 13.5. The molecular formula is C74H62Ir2N4O2SSi3-4. The van der Waals surface area contributed by atoms with E-state index < -0.39 is 34.1 Å². The topological polar surface area (TPSA) is 85.7 Å². The van der Waals surface area contributed by atoms with Crippen LogP contribution in [-0.4, -0.2) is 52.6 Å². The molecule has 0 bridgehead atoms. The summed E-state index contributed by atoms with van der Waals surface area (Å²) in [5.41, 5.74) is 11.7. The van der Waals surface area contributed by atoms with E-state index in [2.05, 4.69) is 200 Å². The van der Waals surface area contributed by atoms with Crippen LogP contribution in [0.4, 0.5) is 0 Å². The SMILES string of the molecule is C[Si](C)(C)c1ccc(-c2[c-]cc3c(c2)S(=O)(=O)c2ccccc2-3)nc1.C[Si](C)(C)c1ccc(-c2[c-]cc3c(c2)[Si](c2ccccc2)(c2ccccc2)c2ccccc2-3)nc1.[Ir].[Ir].[c-]1ccccc1-c1ccccn1.[c-]1ccccc1-c1ccccn1. The molecule has 86 heavy (non-hydrogen) atoms. The van der Waals surface area contributed by atoms with Gasteiger partial charge in [-0.2, -0.15) is 0 Å². The number of fused-ring (bicyclic) bond motifs is 6. The van der Waals surface area contributed by atoms with E-state index in [0.717, 1.165) is 50.6 Å². The van der Waals surface area contributed by atoms with Gasteiger partial charge in [0.15, 0.2) is 17.9 Å². The van der Waals surface area contributed by atoms with Crippen molar-refractivity contribution < 1.29 is 48.6 Å². The Bertz CT molecular complexity index is 4120. The number of rotatable bonds is 8. The number of sulfone groups is 1. The molecule has 8 aromatic carbocycles. The van der Waals surface area contributed by atoms with Gasteiger partial charge < -0.3 is 19.9 Å². The summed E-state index contributed by atoms with van der Waals surface area (Å²) in [6.07, 6.45) is 7.56. The Labute approximate surface area is 537 Å². The van der Waals surface area contributed by atoms with E-state index in [9.17, 15) is 8.42 Å². The second-order valence-corrected chi connectivity index (χ2v) is 38.4. The number of nitrogens with zero attached hydrogens (tertiary/aromatic N) is 4. The summed E-state index contributed by atoms with van der Waals surface area (Å²) in [7, 11) is -8.74. The quantitative estimate of drug-likeness (QED) is 0.111. The largest absolute Gasteiger partial charge is 0.305 e. The summed E-state index contributed by atoms with van der Waals surface area (Å²) < 4.78 is 25.6. The first-order valence-electron chi connectivity index (χ1n) is 28.1. The van der Waals surface area contributed by atoms with E-state index in [4.69, 9.17) is 4.98 Å². The van der Waals surface area contributed by atoms with Gasteiger partial charge in [0.25, 0.3) is 0 Å². The summed E-state index contributed by atoms with van der Waals surface area (Å²) in [5, 5.41) is 8.37. The molecule has 6 nitrogen and oxygen atoms in total. The Morgan fingerprint density at radius 2 is 0.802 bits per heavy atom. The molecule has 0 fully saturated rings. The zero-order chi connectivity index (χ0) is 58.3. The maximum absolute atomic E-state index is 12.8. The molecule has 2 aliphatic rings. The van der Waals surface area contributed by atoms with E-state index >= 15 is 0 Å². The monoisotopic (exact) mass is 1540 g/mol. The molecule has 0 saturated heterocycles. The third-order valence-electron chi connectivity index (χ3n) is 15.2. The maximum Gasteiger partial charge on any atom is 0.189 e. The van der Waals surface area contributed by atoms with Crippen molar-refractivity contribution in [1.29, 1.82) is 0 Å². The molecule has 0 unspecified atom stereocenters. The first-order valence-corrected chi connectivity index (χ1v) is 38.6. The van der Waals surface area contributed by atoms with Gasteiger partial charge in [-0.3, -0.25) is 0 Å². The number of hydrogen-bond donors (Lipinski definition) is 0. The minimum Gasteiger partial charge on any atom is -0.305 e. The van der Waals surface area contributed by atoms with Gasteiger partial charge in [-0.1, -0.05) is 208 Å². The van der Waals surface area contributed by atoms with Crippen LogP contribution < -0.4 is 31.1 Å². The summed E-state index contributed by atoms with van der Waals surface area (Å²) in [6.45, 7) is 13.9. The molecule has 6 heterocycles. The van der Waals surface area contributed by atoms with Gasteiger partial charge in [-0.05, 0) is 77.4 Å². The minimum absolute atomic E-state index is 0. The molecule has 0 aliphatic carbocycles. The Morgan fingerprint density at radius 3 is 1.27 bits per heavy atom. The smallest absolute Gasteiger partial charge is 0.189 e. The van der Waals surface area contributed by atoms with Crippen molar-refractivity contribution in [2.24, 2.45) is 0 Å². The van der Waals surface area contributed by atoms with Gasteiger partial charge >= 0.3 is 0 Å². The molecule has 2 aliphatic heterocycles. The minimum atomic E-state index is -3.47. The van der Waals surface area contributed by atoms with Crippen LogP contribution >= 0.6 is 0 Å². The maximum atomic E-state index is 12.8. The predicted molar refractivity (Wildman–Crippen MR) is 353 cm³/mol. The van der Waals surface area contributed by atoms with Crippen molar-refractivity contribution >= 4 is 65.2 Å². The summed E-state index contributed by atoms with van der Waals surface area (Å²) in [6, 6.07) is 95.3. The third-order valence-corrected chi connectivity index (χ3v) is 25.9. The molecule has 0 amide bonds. The normalized spacial score (nSPS) is 12.6. The molecular weight excluding hydrogens is 1480 g/mol. The van der Waals surface area contributed by atoms with Crippen LogP contribution in [0, 0.1) is 24.3 Å². The summed E-state index contributed by atoms with van der Waals surface area (Å²) >= 11 is 0. The average molecular weight is 1540 g/mol. The molecule has 14 rings (SSSR count). The van der Waals surface area contributed by atoms with Crippen LogP contribution in [0.5, 0.6) is 0 Å². The Hall–Kier alpha value is -7.74. The van der Waals surface area contributed by atoms with Crippen LogP contribution in [0.15, 0.2) is 277 Å². The summed E-state index contributed by atoms with van der Waals surface area (Å²) in [5.74, 6) is 0. The van der Waals surface area contributed by atoms with E-state index in [1.165, 1.54) is 42.2 Å². The van der Waals surface area contributed by atoms with Crippen molar-refractivity contribution in [3.63, 3.8) is 0 Å². The number of benzene rings is 8. The molecule has 0 atom stereocenters. The van der Waals surface area contributed by atoms with Gasteiger partial charge in [-0.15, -0.1) is 125 Å². The molecule has 12 aromatic rings. The van der Waals surface area contributed by atoms with Gasteiger partial charge in [0.1, 0.15) is 0 Å². The first kappa shape index (κ1) is 62.8. The fraction of sp³-hybridized carbons (Fsp3) is 0.0811. The second kappa shape index (κ2) is 27.3. The Kier molecular flexibility index (Phi) is 19.9. The second-order valence-electron chi connectivity index (χ2n) is 22.7. The van der Waals surface area contributed by atoms with Crippen LogP contribution in [0.2, 0.25) is 39.3 Å². The van der Waals surface area contributed by atoms with Crippen LogP contribution in [0.25, 0.3) is 67.3 Å². The van der Waals surface area contributed by atoms with Crippen LogP contribution in [-0.2, 0) is 50.0 Å². The van der Waals surface area contributed by atoms with Crippen molar-refractivity contribution in [3.05, 3.63) is 292 Å². The van der Waals surface area contributed by atoms with Gasteiger partial charge in [0.2, 0.25) is 0 Å². The number of hydrogen-bond acceptors (Lipinski definition) is 6. The molecule has 12 heteroatoms. The zero-order valence-electron chi connectivity index (χ0n) is 48.6. The summed E-state index contributed by atoms with van der Waals surface area (Å²) in [4.78, 5) is 18.6. The van der Waals surface area contributed by atoms with Crippen molar-refractivity contribution in [2.75, 3.05) is 0 Å². The Morgan fingerprint density at radius 1 is 0.360 bits per heavy atom. The van der Waals surface area contributed by atoms with E-state index in [0.29, 0.717) is 15.4 Å². The van der Waals surface area contributed by atoms with Crippen molar-refractivity contribution in [3.8, 4) is 67.3 Å². The molecule has 2 radical (unpaired) electrons. The fourth-order valence-corrected chi connectivity index (χ4v) is 19.7. The average Bonchev–Trinajstić information content (AvgIpc) is 1.60. The molecule has 0 saturated carbocycles. The Balaban J connectivity index is 0.000000150. The van der Waals surface area contributed by atoms with Crippen molar-refractivity contribution in [2.45, 2.75) is 49.1 Å². The standard InChI is InChI=1S/C32H28NSi2.C20H18NO2SSi.2C11H8N.2Ir/c1-34(2,3)27-19-21-30(33-23-27)24-18-20-29-28-16-10-11-17-31(28)35(32(29)22-24,25-12-6-4-7-13-25)26-14-8-5-9-15-26;1-25(2,3)15-9-11-18(21-13-15)14-8-10-17-16-6-4-5-7-19(16)24(22,23)20(17)12-14;2*1-2-6-10(7-3-1)11-8-4-5-9-12-11;;/h4-17,19-23H,1-3H3;4-7,9-13H,1-3H3;2*1-6,8-9H;;/q4*-1;;. The van der Waals surface area contributed by atoms with E-state index in [-0.39, 0.29) is 40.2 Å². The first-order chi connectivity index (χ1) is 40.7. The van der Waals surface area contributed by atoms with Crippen molar-refractivity contribution in [1.82, 2.24) is 19.9 Å². The molecule has 0 N–H and O–H groups in total. The van der Waals surface area contributed by atoms with Crippen LogP contribution in [0.3, 0.4) is 0 Å². The number of pyridine rings is 4. The zero-order valence-corrected chi connectivity index (χ0v) is 57.2. The molecule has 0 spiro atoms.